The highest BCUT2D eigenvalue weighted by Crippen LogP contribution is 2.15. The van der Waals surface area contributed by atoms with E-state index in [2.05, 4.69) is 10.6 Å². The zero-order chi connectivity index (χ0) is 12.0. The summed E-state index contributed by atoms with van der Waals surface area (Å²) in [5, 5.41) is 5.18. The van der Waals surface area contributed by atoms with E-state index in [1.807, 2.05) is 0 Å². The van der Waals surface area contributed by atoms with Gasteiger partial charge >= 0.3 is 0 Å². The lowest BCUT2D eigenvalue weighted by molar-refractivity contribution is -0.127. The molecule has 0 radical (unpaired) electrons. The minimum atomic E-state index is -0.390. The summed E-state index contributed by atoms with van der Waals surface area (Å²) in [7, 11) is 0. The molecular formula is C10H17N3O3. The predicted octanol–water partition coefficient (Wildman–Crippen LogP) is -1.11. The third-order valence-electron chi connectivity index (χ3n) is 2.52. The molecule has 6 nitrogen and oxygen atoms in total. The van der Waals surface area contributed by atoms with Gasteiger partial charge in [0.25, 0.3) is 0 Å². The highest BCUT2D eigenvalue weighted by molar-refractivity contribution is 5.85. The minimum Gasteiger partial charge on any atom is -0.370 e. The van der Waals surface area contributed by atoms with Crippen LogP contribution in [-0.2, 0) is 14.4 Å². The lowest BCUT2D eigenvalue weighted by Gasteiger charge is -2.17. The molecular weight excluding hydrogens is 210 g/mol. The Morgan fingerprint density at radius 2 is 2.06 bits per heavy atom. The normalized spacial score (nSPS) is 23.1. The molecule has 1 rings (SSSR count). The molecule has 0 spiro atoms. The number of nitrogens with two attached hydrogens (primary N) is 1. The van der Waals surface area contributed by atoms with Gasteiger partial charge in [-0.1, -0.05) is 0 Å². The Hall–Kier alpha value is -1.59. The second-order valence-corrected chi connectivity index (χ2v) is 4.01. The molecule has 6 heteroatoms. The van der Waals surface area contributed by atoms with Crippen LogP contribution >= 0.6 is 0 Å². The zero-order valence-corrected chi connectivity index (χ0v) is 9.12. The number of rotatable bonds is 2. The van der Waals surface area contributed by atoms with Crippen molar-refractivity contribution >= 4 is 17.7 Å². The molecule has 1 heterocycles. The summed E-state index contributed by atoms with van der Waals surface area (Å²) in [6, 6.07) is 0. The highest BCUT2D eigenvalue weighted by atomic mass is 16.2. The van der Waals surface area contributed by atoms with Crippen LogP contribution < -0.4 is 16.4 Å². The maximum Gasteiger partial charge on any atom is 0.239 e. The van der Waals surface area contributed by atoms with Crippen LogP contribution in [0, 0.1) is 5.92 Å². The van der Waals surface area contributed by atoms with Gasteiger partial charge in [0.05, 0.1) is 6.54 Å². The quantitative estimate of drug-likeness (QED) is 0.557. The molecule has 0 saturated carbocycles. The van der Waals surface area contributed by atoms with E-state index in [0.717, 1.165) is 12.8 Å². The van der Waals surface area contributed by atoms with Crippen LogP contribution in [0.5, 0.6) is 0 Å². The number of amides is 3. The summed E-state index contributed by atoms with van der Waals surface area (Å²) in [4.78, 5) is 33.3. The molecule has 3 amide bonds. The van der Waals surface area contributed by atoms with Gasteiger partial charge < -0.3 is 16.4 Å². The first-order valence-electron chi connectivity index (χ1n) is 5.39. The Morgan fingerprint density at radius 1 is 1.31 bits per heavy atom. The van der Waals surface area contributed by atoms with Crippen LogP contribution in [0.1, 0.15) is 25.7 Å². The number of hydrogen-bond donors (Lipinski definition) is 3. The van der Waals surface area contributed by atoms with E-state index in [-0.39, 0.29) is 43.0 Å². The van der Waals surface area contributed by atoms with Gasteiger partial charge in [-0.05, 0) is 18.8 Å². The van der Waals surface area contributed by atoms with Gasteiger partial charge in [-0.3, -0.25) is 14.4 Å². The molecule has 1 unspecified atom stereocenters. The molecule has 0 aromatic rings. The second-order valence-electron chi connectivity index (χ2n) is 4.01. The summed E-state index contributed by atoms with van der Waals surface area (Å²) < 4.78 is 0. The maximum absolute atomic E-state index is 11.4. The monoisotopic (exact) mass is 227 g/mol. The summed E-state index contributed by atoms with van der Waals surface area (Å²) >= 11 is 0. The molecule has 0 bridgehead atoms. The Morgan fingerprint density at radius 3 is 2.75 bits per heavy atom. The highest BCUT2D eigenvalue weighted by Gasteiger charge is 2.18. The molecule has 0 aromatic carbocycles. The van der Waals surface area contributed by atoms with Gasteiger partial charge in [0, 0.05) is 19.4 Å². The summed E-state index contributed by atoms with van der Waals surface area (Å²) in [5.74, 6) is -0.795. The van der Waals surface area contributed by atoms with Gasteiger partial charge in [-0.25, -0.2) is 0 Å². The van der Waals surface area contributed by atoms with Crippen molar-refractivity contribution in [3.8, 4) is 0 Å². The van der Waals surface area contributed by atoms with Crippen molar-refractivity contribution in [3.63, 3.8) is 0 Å². The van der Waals surface area contributed by atoms with Crippen molar-refractivity contribution in [2.24, 2.45) is 11.7 Å². The summed E-state index contributed by atoms with van der Waals surface area (Å²) in [5.41, 5.74) is 5.11. The number of carbonyl (C=O) groups is 3. The first-order valence-corrected chi connectivity index (χ1v) is 5.39. The van der Waals surface area contributed by atoms with Crippen molar-refractivity contribution in [3.05, 3.63) is 0 Å². The molecule has 0 aromatic heterocycles. The lowest BCUT2D eigenvalue weighted by Crippen LogP contribution is -2.39. The first-order chi connectivity index (χ1) is 7.58. The molecule has 4 N–H and O–H groups in total. The molecule has 0 aliphatic carbocycles. The molecule has 16 heavy (non-hydrogen) atoms. The summed E-state index contributed by atoms with van der Waals surface area (Å²) in [6.45, 7) is 0.575. The van der Waals surface area contributed by atoms with Crippen molar-refractivity contribution < 1.29 is 14.4 Å². The van der Waals surface area contributed by atoms with Crippen LogP contribution in [0.25, 0.3) is 0 Å². The fraction of sp³-hybridized carbons (Fsp3) is 0.700. The number of hydrogen-bond acceptors (Lipinski definition) is 3. The number of primary amides is 1. The molecule has 1 aliphatic rings. The van der Waals surface area contributed by atoms with Crippen molar-refractivity contribution in [1.82, 2.24) is 10.6 Å². The Bertz CT molecular complexity index is 291. The third kappa shape index (κ3) is 4.77. The largest absolute Gasteiger partial charge is 0.370 e. The third-order valence-corrected chi connectivity index (χ3v) is 2.52. The van der Waals surface area contributed by atoms with Crippen LogP contribution in [-0.4, -0.2) is 30.8 Å². The number of nitrogens with one attached hydrogen (secondary N) is 2. The molecule has 1 saturated heterocycles. The van der Waals surface area contributed by atoms with Crippen molar-refractivity contribution in [1.29, 1.82) is 0 Å². The Kier molecular flexibility index (Phi) is 4.75. The first kappa shape index (κ1) is 12.5. The van der Waals surface area contributed by atoms with Crippen LogP contribution in [0.2, 0.25) is 0 Å². The lowest BCUT2D eigenvalue weighted by atomic mass is 9.94. The second kappa shape index (κ2) is 6.09. The van der Waals surface area contributed by atoms with Crippen LogP contribution in [0.15, 0.2) is 0 Å². The van der Waals surface area contributed by atoms with Gasteiger partial charge in [-0.2, -0.15) is 0 Å². The maximum atomic E-state index is 11.4. The van der Waals surface area contributed by atoms with Crippen LogP contribution in [0.4, 0.5) is 0 Å². The Labute approximate surface area is 93.9 Å². The smallest absolute Gasteiger partial charge is 0.239 e. The Balaban J connectivity index is 2.50. The van der Waals surface area contributed by atoms with Gasteiger partial charge in [-0.15, -0.1) is 0 Å². The van der Waals surface area contributed by atoms with E-state index >= 15 is 0 Å². The topological polar surface area (TPSA) is 101 Å². The van der Waals surface area contributed by atoms with E-state index in [1.165, 1.54) is 0 Å². The average Bonchev–Trinajstić information content (AvgIpc) is 2.20. The fourth-order valence-electron chi connectivity index (χ4n) is 1.76. The SMILES string of the molecule is NC(=O)CC1CCCNC(=O)CNC(=O)C1. The van der Waals surface area contributed by atoms with E-state index in [9.17, 15) is 14.4 Å². The van der Waals surface area contributed by atoms with Gasteiger partial charge in [0.2, 0.25) is 17.7 Å². The van der Waals surface area contributed by atoms with E-state index < -0.39 is 0 Å². The molecule has 1 fully saturated rings. The predicted molar refractivity (Wildman–Crippen MR) is 57.2 cm³/mol. The molecule has 1 atom stereocenters. The van der Waals surface area contributed by atoms with Crippen molar-refractivity contribution in [2.45, 2.75) is 25.7 Å². The van der Waals surface area contributed by atoms with Crippen molar-refractivity contribution in [2.75, 3.05) is 13.1 Å². The minimum absolute atomic E-state index is 0.00211. The molecule has 90 valence electrons. The van der Waals surface area contributed by atoms with E-state index in [1.54, 1.807) is 0 Å². The fourth-order valence-corrected chi connectivity index (χ4v) is 1.76. The standard InChI is InChI=1S/C10H17N3O3/c11-8(14)4-7-2-1-3-12-10(16)6-13-9(15)5-7/h7H,1-6H2,(H2,11,14)(H,12,16)(H,13,15). The molecule has 1 aliphatic heterocycles. The average molecular weight is 227 g/mol. The van der Waals surface area contributed by atoms with Gasteiger partial charge in [0.1, 0.15) is 0 Å². The van der Waals surface area contributed by atoms with Crippen LogP contribution in [0.3, 0.4) is 0 Å². The zero-order valence-electron chi connectivity index (χ0n) is 9.12. The van der Waals surface area contributed by atoms with E-state index in [0.29, 0.717) is 6.54 Å². The van der Waals surface area contributed by atoms with E-state index in [4.69, 9.17) is 5.73 Å². The number of carbonyl (C=O) groups excluding carboxylic acids is 3. The van der Waals surface area contributed by atoms with Gasteiger partial charge in [0.15, 0.2) is 0 Å². The summed E-state index contributed by atoms with van der Waals surface area (Å²) in [6.07, 6.45) is 1.96.